The summed E-state index contributed by atoms with van der Waals surface area (Å²) in [5.74, 6) is 1.75. The van der Waals surface area contributed by atoms with Crippen LogP contribution in [0.2, 0.25) is 0 Å². The molecule has 0 atom stereocenters. The van der Waals surface area contributed by atoms with Crippen LogP contribution in [0.4, 0.5) is 0 Å². The Hall–Kier alpha value is -7.62. The number of nitrogens with zero attached hydrogens (tertiary/aromatic N) is 2. The Balaban J connectivity index is 0.960. The molecule has 0 saturated carbocycles. The van der Waals surface area contributed by atoms with Crippen molar-refractivity contribution in [2.45, 2.75) is 0 Å². The molecule has 0 bridgehead atoms. The molecule has 9 aromatic carbocycles. The highest BCUT2D eigenvalue weighted by atomic mass is 16.5. The van der Waals surface area contributed by atoms with E-state index in [-0.39, 0.29) is 0 Å². The fourth-order valence-electron chi connectivity index (χ4n) is 9.02. The van der Waals surface area contributed by atoms with Crippen molar-refractivity contribution in [3.05, 3.63) is 206 Å². The van der Waals surface area contributed by atoms with Crippen LogP contribution in [0.3, 0.4) is 0 Å². The smallest absolute Gasteiger partial charge is 0.152 e. The minimum absolute atomic E-state index is 0.860. The molecule has 0 fully saturated rings. The molecule has 0 saturated heterocycles. The Morgan fingerprint density at radius 3 is 1.49 bits per heavy atom. The maximum absolute atomic E-state index is 6.62. The van der Waals surface area contributed by atoms with Gasteiger partial charge in [-0.25, -0.2) is 0 Å². The average Bonchev–Trinajstić information content (AvgIpc) is 3.80. The standard InChI is InChI=1S/C54H34N2O/c1-3-12-35(13-4-1)40-24-27-49-46(32-40)47-33-41(36-14-5-2-6-15-36)25-28-50(47)55(49)43-19-10-18-39(31-43)37-16-9-17-38(30-37)42-26-29-51-53(34-42)57-52-23-11-21-45-44-20-7-8-22-48(44)56(51)54(45)52/h1-34H. The van der Waals surface area contributed by atoms with E-state index in [4.69, 9.17) is 4.74 Å². The van der Waals surface area contributed by atoms with Gasteiger partial charge in [0, 0.05) is 27.2 Å². The first-order valence-electron chi connectivity index (χ1n) is 19.5. The summed E-state index contributed by atoms with van der Waals surface area (Å²) in [5.41, 5.74) is 16.3. The predicted molar refractivity (Wildman–Crippen MR) is 237 cm³/mol. The normalized spacial score (nSPS) is 12.0. The molecular formula is C54H34N2O. The largest absolute Gasteiger partial charge is 0.453 e. The van der Waals surface area contributed by atoms with E-state index >= 15 is 0 Å². The van der Waals surface area contributed by atoms with Crippen molar-refractivity contribution in [3.8, 4) is 67.4 Å². The van der Waals surface area contributed by atoms with Crippen LogP contribution in [-0.2, 0) is 0 Å². The van der Waals surface area contributed by atoms with Crippen molar-refractivity contribution in [2.24, 2.45) is 0 Å². The SMILES string of the molecule is c1ccc(-c2ccc3c(c2)c2cc(-c4ccccc4)ccc2n3-c2cccc(-c3cccc(-c4ccc5c(c4)Oc4cccc6c7ccccc7n-5c46)c3)c2)cc1. The minimum atomic E-state index is 0.860. The summed E-state index contributed by atoms with van der Waals surface area (Å²) in [4.78, 5) is 0. The molecule has 12 rings (SSSR count). The number of benzene rings is 9. The molecule has 3 nitrogen and oxygen atoms in total. The number of para-hydroxylation sites is 2. The molecule has 0 aliphatic carbocycles. The summed E-state index contributed by atoms with van der Waals surface area (Å²) in [6, 6.07) is 74.5. The number of aromatic nitrogens is 2. The summed E-state index contributed by atoms with van der Waals surface area (Å²) in [7, 11) is 0. The highest BCUT2D eigenvalue weighted by Crippen LogP contribution is 2.46. The second-order valence-electron chi connectivity index (χ2n) is 15.0. The second-order valence-corrected chi connectivity index (χ2v) is 15.0. The van der Waals surface area contributed by atoms with Crippen LogP contribution >= 0.6 is 0 Å². The van der Waals surface area contributed by atoms with Crippen molar-refractivity contribution < 1.29 is 4.74 Å². The minimum Gasteiger partial charge on any atom is -0.453 e. The highest BCUT2D eigenvalue weighted by molar-refractivity contribution is 6.13. The number of fused-ring (bicyclic) bond motifs is 8. The van der Waals surface area contributed by atoms with E-state index in [1.54, 1.807) is 0 Å². The molecule has 2 aromatic heterocycles. The van der Waals surface area contributed by atoms with Gasteiger partial charge in [0.1, 0.15) is 0 Å². The van der Waals surface area contributed by atoms with Gasteiger partial charge in [-0.05, 0) is 111 Å². The summed E-state index contributed by atoms with van der Waals surface area (Å²) in [6.07, 6.45) is 0. The van der Waals surface area contributed by atoms with Crippen LogP contribution in [0.1, 0.15) is 0 Å². The molecule has 0 spiro atoms. The molecule has 1 aliphatic heterocycles. The van der Waals surface area contributed by atoms with Crippen LogP contribution < -0.4 is 4.74 Å². The van der Waals surface area contributed by atoms with Crippen LogP contribution in [0, 0.1) is 0 Å². The lowest BCUT2D eigenvalue weighted by atomic mass is 9.98. The van der Waals surface area contributed by atoms with E-state index in [0.717, 1.165) is 50.6 Å². The number of hydrogen-bond donors (Lipinski definition) is 0. The summed E-state index contributed by atoms with van der Waals surface area (Å²) < 4.78 is 11.4. The molecule has 57 heavy (non-hydrogen) atoms. The first-order valence-corrected chi connectivity index (χ1v) is 19.5. The van der Waals surface area contributed by atoms with Crippen molar-refractivity contribution in [3.63, 3.8) is 0 Å². The maximum atomic E-state index is 6.62. The van der Waals surface area contributed by atoms with Crippen LogP contribution in [0.25, 0.3) is 99.5 Å². The Morgan fingerprint density at radius 2 is 0.789 bits per heavy atom. The third-order valence-corrected chi connectivity index (χ3v) is 11.7. The average molecular weight is 727 g/mol. The third kappa shape index (κ3) is 4.99. The van der Waals surface area contributed by atoms with Gasteiger partial charge >= 0.3 is 0 Å². The molecular weight excluding hydrogens is 693 g/mol. The van der Waals surface area contributed by atoms with Gasteiger partial charge < -0.3 is 13.9 Å². The zero-order valence-electron chi connectivity index (χ0n) is 30.9. The Kier molecular flexibility index (Phi) is 6.93. The Morgan fingerprint density at radius 1 is 0.281 bits per heavy atom. The quantitative estimate of drug-likeness (QED) is 0.173. The van der Waals surface area contributed by atoms with E-state index in [1.807, 2.05) is 0 Å². The lowest BCUT2D eigenvalue weighted by Gasteiger charge is -2.21. The molecule has 1 aliphatic rings. The van der Waals surface area contributed by atoms with E-state index in [9.17, 15) is 0 Å². The zero-order valence-corrected chi connectivity index (χ0v) is 30.9. The molecule has 3 heteroatoms. The van der Waals surface area contributed by atoms with E-state index in [0.29, 0.717) is 0 Å². The topological polar surface area (TPSA) is 19.1 Å². The van der Waals surface area contributed by atoms with E-state index < -0.39 is 0 Å². The van der Waals surface area contributed by atoms with Crippen LogP contribution in [0.15, 0.2) is 206 Å². The fraction of sp³-hybridized carbons (Fsp3) is 0. The number of hydrogen-bond acceptors (Lipinski definition) is 1. The number of rotatable bonds is 5. The van der Waals surface area contributed by atoms with Crippen molar-refractivity contribution in [1.82, 2.24) is 9.13 Å². The van der Waals surface area contributed by atoms with Gasteiger partial charge in [0.2, 0.25) is 0 Å². The molecule has 11 aromatic rings. The summed E-state index contributed by atoms with van der Waals surface area (Å²) in [5, 5.41) is 4.92. The van der Waals surface area contributed by atoms with E-state index in [2.05, 4.69) is 215 Å². The summed E-state index contributed by atoms with van der Waals surface area (Å²) >= 11 is 0. The Bertz CT molecular complexity index is 3270. The van der Waals surface area contributed by atoms with Crippen LogP contribution in [0.5, 0.6) is 11.5 Å². The molecule has 0 N–H and O–H groups in total. The molecule has 0 unspecified atom stereocenters. The number of ether oxygens (including phenoxy) is 1. The van der Waals surface area contributed by atoms with Crippen molar-refractivity contribution in [2.75, 3.05) is 0 Å². The monoisotopic (exact) mass is 726 g/mol. The van der Waals surface area contributed by atoms with Gasteiger partial charge in [0.25, 0.3) is 0 Å². The van der Waals surface area contributed by atoms with Gasteiger partial charge in [-0.15, -0.1) is 0 Å². The molecule has 0 amide bonds. The zero-order chi connectivity index (χ0) is 37.5. The van der Waals surface area contributed by atoms with Crippen LogP contribution in [-0.4, -0.2) is 9.13 Å². The van der Waals surface area contributed by atoms with E-state index in [1.165, 1.54) is 60.3 Å². The first kappa shape index (κ1) is 31.7. The summed E-state index contributed by atoms with van der Waals surface area (Å²) in [6.45, 7) is 0. The Labute approximate surface area is 329 Å². The predicted octanol–water partition coefficient (Wildman–Crippen LogP) is 14.7. The lowest BCUT2D eigenvalue weighted by molar-refractivity contribution is 0.476. The third-order valence-electron chi connectivity index (χ3n) is 11.7. The van der Waals surface area contributed by atoms with Crippen molar-refractivity contribution >= 4 is 43.6 Å². The van der Waals surface area contributed by atoms with Gasteiger partial charge in [0.05, 0.1) is 27.8 Å². The second kappa shape index (κ2) is 12.5. The molecule has 266 valence electrons. The highest BCUT2D eigenvalue weighted by Gasteiger charge is 2.24. The van der Waals surface area contributed by atoms with Gasteiger partial charge in [-0.3, -0.25) is 0 Å². The first-order chi connectivity index (χ1) is 28.2. The maximum Gasteiger partial charge on any atom is 0.152 e. The molecule has 3 heterocycles. The lowest BCUT2D eigenvalue weighted by Crippen LogP contribution is -2.04. The molecule has 0 radical (unpaired) electrons. The van der Waals surface area contributed by atoms with Gasteiger partial charge in [0.15, 0.2) is 11.5 Å². The van der Waals surface area contributed by atoms with Gasteiger partial charge in [-0.1, -0.05) is 140 Å². The fourth-order valence-corrected chi connectivity index (χ4v) is 9.02. The van der Waals surface area contributed by atoms with Crippen molar-refractivity contribution in [1.29, 1.82) is 0 Å². The van der Waals surface area contributed by atoms with Gasteiger partial charge in [-0.2, -0.15) is 0 Å².